The highest BCUT2D eigenvalue weighted by Crippen LogP contribution is 2.30. The fourth-order valence-electron chi connectivity index (χ4n) is 2.85. The number of fused-ring (bicyclic) bond motifs is 3. The monoisotopic (exact) mass is 284 g/mol. The zero-order valence-electron chi connectivity index (χ0n) is 11.7. The molecule has 3 aromatic rings. The lowest BCUT2D eigenvalue weighted by Crippen LogP contribution is -2.26. The van der Waals surface area contributed by atoms with E-state index in [1.54, 1.807) is 0 Å². The van der Waals surface area contributed by atoms with Gasteiger partial charge >= 0.3 is 5.65 Å². The first-order valence-corrected chi connectivity index (χ1v) is 6.98. The Morgan fingerprint density at radius 2 is 2.00 bits per heavy atom. The number of pyridine rings is 1. The van der Waals surface area contributed by atoms with Gasteiger partial charge in [0.25, 0.3) is 0 Å². The molecule has 0 aliphatic carbocycles. The molecule has 0 saturated heterocycles. The van der Waals surface area contributed by atoms with Gasteiger partial charge in [-0.2, -0.15) is 9.66 Å². The van der Waals surface area contributed by atoms with Crippen molar-refractivity contribution >= 4 is 28.3 Å². The minimum Gasteiger partial charge on any atom is -0.235 e. The molecule has 0 aliphatic rings. The number of hydrogen-bond acceptors (Lipinski definition) is 1. The van der Waals surface area contributed by atoms with E-state index < -0.39 is 0 Å². The topological polar surface area (TPSA) is 43.7 Å². The molecule has 2 heterocycles. The quantitative estimate of drug-likeness (QED) is 0.535. The number of nitriles is 1. The highest BCUT2D eigenvalue weighted by molar-refractivity contribution is 6.29. The van der Waals surface area contributed by atoms with Crippen molar-refractivity contribution in [2.24, 2.45) is 0 Å². The Balaban J connectivity index is 2.63. The summed E-state index contributed by atoms with van der Waals surface area (Å²) in [5, 5.41) is 10.2. The molecule has 2 aromatic heterocycles. The second-order valence-corrected chi connectivity index (χ2v) is 5.66. The molecular weight excluding hydrogens is 270 g/mol. The third-order valence-electron chi connectivity index (χ3n) is 3.75. The van der Waals surface area contributed by atoms with Gasteiger partial charge in [-0.05, 0) is 42.1 Å². The van der Waals surface area contributed by atoms with E-state index in [1.807, 2.05) is 35.6 Å². The molecule has 0 amide bonds. The minimum absolute atomic E-state index is 0.264. The molecule has 3 rings (SSSR count). The molecule has 0 aliphatic heterocycles. The molecule has 100 valence electrons. The molecule has 0 unspecified atom stereocenters. The first kappa shape index (κ1) is 13.0. The number of aromatic nitrogens is 2. The summed E-state index contributed by atoms with van der Waals surface area (Å²) < 4.78 is 1.94. The van der Waals surface area contributed by atoms with E-state index in [0.717, 1.165) is 27.8 Å². The Morgan fingerprint density at radius 1 is 1.30 bits per heavy atom. The van der Waals surface area contributed by atoms with Gasteiger partial charge < -0.3 is 0 Å². The lowest BCUT2D eigenvalue weighted by molar-refractivity contribution is -0.479. The molecule has 0 bridgehead atoms. The highest BCUT2D eigenvalue weighted by Gasteiger charge is 2.26. The molecule has 0 fully saturated rings. The maximum atomic E-state index is 9.51. The summed E-state index contributed by atoms with van der Waals surface area (Å²) in [6.45, 7) is 6.15. The maximum absolute atomic E-state index is 9.51. The Morgan fingerprint density at radius 3 is 2.65 bits per heavy atom. The van der Waals surface area contributed by atoms with Crippen molar-refractivity contribution in [3.63, 3.8) is 0 Å². The highest BCUT2D eigenvalue weighted by atomic mass is 35.5. The number of imidazole rings is 1. The van der Waals surface area contributed by atoms with Gasteiger partial charge in [0.15, 0.2) is 11.0 Å². The lowest BCUT2D eigenvalue weighted by Gasteiger charge is -2.11. The van der Waals surface area contributed by atoms with Gasteiger partial charge in [-0.1, -0.05) is 26.0 Å². The Kier molecular flexibility index (Phi) is 2.92. The summed E-state index contributed by atoms with van der Waals surface area (Å²) in [5.74, 6) is 0.264. The van der Waals surface area contributed by atoms with E-state index in [0.29, 0.717) is 10.7 Å². The normalized spacial score (nSPS) is 11.4. The van der Waals surface area contributed by atoms with Crippen molar-refractivity contribution in [2.75, 3.05) is 0 Å². The molecule has 0 atom stereocenters. The molecule has 1 N–H and O–H groups in total. The minimum atomic E-state index is 0.264. The van der Waals surface area contributed by atoms with Crippen molar-refractivity contribution in [3.05, 3.63) is 46.1 Å². The predicted octanol–water partition coefficient (Wildman–Crippen LogP) is 3.86. The summed E-state index contributed by atoms with van der Waals surface area (Å²) in [6.07, 6.45) is 0. The fraction of sp³-hybridized carbons (Fsp3) is 0.250. The smallest absolute Gasteiger partial charge is 0.235 e. The number of aromatic amines is 1. The van der Waals surface area contributed by atoms with E-state index in [9.17, 15) is 5.26 Å². The van der Waals surface area contributed by atoms with Gasteiger partial charge in [-0.25, -0.2) is 4.98 Å². The van der Waals surface area contributed by atoms with Crippen LogP contribution in [0.15, 0.2) is 24.3 Å². The largest absolute Gasteiger partial charge is 0.304 e. The molecule has 0 spiro atoms. The van der Waals surface area contributed by atoms with E-state index in [2.05, 4.69) is 24.9 Å². The second kappa shape index (κ2) is 4.50. The number of H-pyrrole nitrogens is 1. The Labute approximate surface area is 122 Å². The third-order valence-corrected chi connectivity index (χ3v) is 4.12. The van der Waals surface area contributed by atoms with Crippen LogP contribution in [-0.2, 0) is 0 Å². The van der Waals surface area contributed by atoms with Crippen LogP contribution in [-0.4, -0.2) is 4.98 Å². The first-order valence-electron chi connectivity index (χ1n) is 6.60. The third kappa shape index (κ3) is 1.62. The SMILES string of the molecule is Cc1c(C(C)C)c(Cl)[n+]2c([nH]c3ccccc32)c1C#N. The van der Waals surface area contributed by atoms with Gasteiger partial charge in [0.2, 0.25) is 5.15 Å². The summed E-state index contributed by atoms with van der Waals surface area (Å²) in [5.41, 5.74) is 5.39. The number of nitrogens with zero attached hydrogens (tertiary/aromatic N) is 2. The van der Waals surface area contributed by atoms with Crippen LogP contribution in [0.3, 0.4) is 0 Å². The van der Waals surface area contributed by atoms with E-state index >= 15 is 0 Å². The van der Waals surface area contributed by atoms with Crippen molar-refractivity contribution in [1.29, 1.82) is 5.26 Å². The van der Waals surface area contributed by atoms with Crippen molar-refractivity contribution in [1.82, 2.24) is 4.98 Å². The molecule has 20 heavy (non-hydrogen) atoms. The van der Waals surface area contributed by atoms with Crippen LogP contribution in [0.5, 0.6) is 0 Å². The van der Waals surface area contributed by atoms with Gasteiger partial charge in [0.1, 0.15) is 11.6 Å². The maximum Gasteiger partial charge on any atom is 0.304 e. The summed E-state index contributed by atoms with van der Waals surface area (Å²) in [6, 6.07) is 10.2. The Hall–Kier alpha value is -2.05. The molecule has 0 radical (unpaired) electrons. The van der Waals surface area contributed by atoms with Crippen LogP contribution in [0.2, 0.25) is 5.15 Å². The van der Waals surface area contributed by atoms with E-state index in [-0.39, 0.29) is 5.92 Å². The van der Waals surface area contributed by atoms with Gasteiger partial charge in [0, 0.05) is 5.56 Å². The predicted molar refractivity (Wildman–Crippen MR) is 80.0 cm³/mol. The second-order valence-electron chi connectivity index (χ2n) is 5.30. The van der Waals surface area contributed by atoms with Crippen LogP contribution in [0.4, 0.5) is 0 Å². The van der Waals surface area contributed by atoms with Crippen LogP contribution in [0.1, 0.15) is 36.5 Å². The van der Waals surface area contributed by atoms with Gasteiger partial charge in [-0.15, -0.1) is 0 Å². The zero-order chi connectivity index (χ0) is 14.4. The van der Waals surface area contributed by atoms with E-state index in [1.165, 1.54) is 0 Å². The van der Waals surface area contributed by atoms with Crippen molar-refractivity contribution in [3.8, 4) is 6.07 Å². The number of rotatable bonds is 1. The zero-order valence-corrected chi connectivity index (χ0v) is 12.4. The summed E-state index contributed by atoms with van der Waals surface area (Å²) >= 11 is 6.62. The molecule has 1 aromatic carbocycles. The fourth-order valence-corrected chi connectivity index (χ4v) is 3.39. The van der Waals surface area contributed by atoms with Crippen molar-refractivity contribution in [2.45, 2.75) is 26.7 Å². The number of hydrogen-bond donors (Lipinski definition) is 1. The average Bonchev–Trinajstić information content (AvgIpc) is 2.78. The Bertz CT molecular complexity index is 869. The molecule has 0 saturated carbocycles. The van der Waals surface area contributed by atoms with E-state index in [4.69, 9.17) is 11.6 Å². The van der Waals surface area contributed by atoms with Crippen LogP contribution >= 0.6 is 11.6 Å². The summed E-state index contributed by atoms with van der Waals surface area (Å²) in [4.78, 5) is 3.30. The number of nitrogens with one attached hydrogen (secondary N) is 1. The lowest BCUT2D eigenvalue weighted by atomic mass is 9.97. The number of para-hydroxylation sites is 2. The van der Waals surface area contributed by atoms with Crippen LogP contribution in [0, 0.1) is 18.3 Å². The first-order chi connectivity index (χ1) is 9.56. The van der Waals surface area contributed by atoms with Gasteiger partial charge in [-0.3, -0.25) is 0 Å². The van der Waals surface area contributed by atoms with Crippen molar-refractivity contribution < 1.29 is 4.40 Å². The molecule has 4 heteroatoms. The summed E-state index contributed by atoms with van der Waals surface area (Å²) in [7, 11) is 0. The van der Waals surface area contributed by atoms with Crippen LogP contribution < -0.4 is 4.40 Å². The molecular formula is C16H15ClN3+. The number of benzene rings is 1. The standard InChI is InChI=1S/C16H14ClN3/c1-9(2)14-10(3)11(8-18)16-19-12-6-4-5-7-13(12)20(16)15(14)17/h4-7,9H,1-3H3/p+1. The molecule has 3 nitrogen and oxygen atoms in total. The average molecular weight is 285 g/mol. The number of halogens is 1. The van der Waals surface area contributed by atoms with Gasteiger partial charge in [0.05, 0.1) is 0 Å². The van der Waals surface area contributed by atoms with Crippen LogP contribution in [0.25, 0.3) is 16.7 Å².